The molecule has 0 aromatic heterocycles. The van der Waals surface area contributed by atoms with Gasteiger partial charge in [0.25, 0.3) is 0 Å². The highest BCUT2D eigenvalue weighted by atomic mass is 79.9. The van der Waals surface area contributed by atoms with Gasteiger partial charge < -0.3 is 14.8 Å². The molecule has 0 radical (unpaired) electrons. The van der Waals surface area contributed by atoms with E-state index in [0.717, 1.165) is 10.0 Å². The number of nitrogens with zero attached hydrogens (tertiary/aromatic N) is 1. The van der Waals surface area contributed by atoms with Gasteiger partial charge in [-0.2, -0.15) is 5.10 Å². The van der Waals surface area contributed by atoms with Crippen LogP contribution in [0.2, 0.25) is 5.02 Å². The minimum atomic E-state index is -0.523. The number of anilines is 1. The number of methoxy groups -OCH3 is 1. The summed E-state index contributed by atoms with van der Waals surface area (Å²) in [6.07, 6.45) is 1.42. The summed E-state index contributed by atoms with van der Waals surface area (Å²) in [6, 6.07) is 8.22. The van der Waals surface area contributed by atoms with E-state index in [1.54, 1.807) is 18.2 Å². The van der Waals surface area contributed by atoms with E-state index >= 15 is 0 Å². The van der Waals surface area contributed by atoms with E-state index < -0.39 is 12.0 Å². The summed E-state index contributed by atoms with van der Waals surface area (Å²) in [7, 11) is 1.27. The normalized spacial score (nSPS) is 10.6. The zero-order valence-corrected chi connectivity index (χ0v) is 18.8. The van der Waals surface area contributed by atoms with Crippen LogP contribution in [-0.2, 0) is 9.53 Å². The Morgan fingerprint density at radius 2 is 1.96 bits per heavy atom. The highest BCUT2D eigenvalue weighted by Crippen LogP contribution is 2.34. The molecule has 0 saturated heterocycles. The molecule has 0 bridgehead atoms. The van der Waals surface area contributed by atoms with E-state index in [9.17, 15) is 9.59 Å². The van der Waals surface area contributed by atoms with Crippen molar-refractivity contribution in [3.63, 3.8) is 0 Å². The first-order valence-electron chi connectivity index (χ1n) is 7.85. The average molecular weight is 534 g/mol. The summed E-state index contributed by atoms with van der Waals surface area (Å²) in [5.41, 5.74) is 4.63. The molecular weight excluding hydrogens is 517 g/mol. The fourth-order valence-electron chi connectivity index (χ4n) is 2.03. The Bertz CT molecular complexity index is 899. The van der Waals surface area contributed by atoms with Gasteiger partial charge in [0, 0.05) is 10.2 Å². The van der Waals surface area contributed by atoms with E-state index in [4.69, 9.17) is 16.3 Å². The van der Waals surface area contributed by atoms with Gasteiger partial charge in [0.05, 0.1) is 22.8 Å². The van der Waals surface area contributed by atoms with Gasteiger partial charge in [0.2, 0.25) is 0 Å². The van der Waals surface area contributed by atoms with Gasteiger partial charge in [-0.3, -0.25) is 0 Å². The Kier molecular flexibility index (Phi) is 8.28. The molecule has 2 N–H and O–H groups in total. The predicted molar refractivity (Wildman–Crippen MR) is 115 cm³/mol. The van der Waals surface area contributed by atoms with Crippen LogP contribution in [0.5, 0.6) is 5.75 Å². The molecule has 2 amide bonds. The van der Waals surface area contributed by atoms with Crippen LogP contribution in [0.25, 0.3) is 0 Å². The number of ether oxygens (including phenoxy) is 2. The molecule has 0 aliphatic heterocycles. The zero-order chi connectivity index (χ0) is 20.7. The van der Waals surface area contributed by atoms with Crippen LogP contribution in [0.3, 0.4) is 0 Å². The molecule has 0 fully saturated rings. The average Bonchev–Trinajstić information content (AvgIpc) is 2.63. The maximum Gasteiger partial charge on any atom is 0.343 e. The van der Waals surface area contributed by atoms with Gasteiger partial charge in [0.15, 0.2) is 12.4 Å². The quantitative estimate of drug-likeness (QED) is 0.315. The van der Waals surface area contributed by atoms with Gasteiger partial charge >= 0.3 is 12.0 Å². The van der Waals surface area contributed by atoms with Crippen molar-refractivity contribution in [3.05, 3.63) is 55.4 Å². The lowest BCUT2D eigenvalue weighted by atomic mass is 10.2. The molecule has 0 heterocycles. The first-order valence-corrected chi connectivity index (χ1v) is 9.81. The SMILES string of the molecule is COC(=O)COc1c(Cl)cc(/C=N/NC(=O)Nc2ccc(Br)c(C)c2)cc1Br. The molecular formula is C18H16Br2ClN3O4. The van der Waals surface area contributed by atoms with Crippen LogP contribution in [0.1, 0.15) is 11.1 Å². The number of nitrogens with one attached hydrogen (secondary N) is 2. The molecule has 0 atom stereocenters. The van der Waals surface area contributed by atoms with Crippen LogP contribution < -0.4 is 15.5 Å². The molecule has 28 heavy (non-hydrogen) atoms. The number of carbonyl (C=O) groups is 2. The third kappa shape index (κ3) is 6.50. The van der Waals surface area contributed by atoms with Crippen molar-refractivity contribution >= 4 is 67.4 Å². The second-order valence-corrected chi connectivity index (χ2v) is 7.58. The first kappa shape index (κ1) is 22.2. The number of carbonyl (C=O) groups excluding carboxylic acids is 2. The molecule has 7 nitrogen and oxygen atoms in total. The number of urea groups is 1. The van der Waals surface area contributed by atoms with Gasteiger partial charge in [-0.05, 0) is 64.3 Å². The first-order chi connectivity index (χ1) is 13.3. The van der Waals surface area contributed by atoms with Gasteiger partial charge in [0.1, 0.15) is 0 Å². The fraction of sp³-hybridized carbons (Fsp3) is 0.167. The number of hydrazone groups is 1. The molecule has 2 rings (SSSR count). The topological polar surface area (TPSA) is 89.0 Å². The molecule has 148 valence electrons. The highest BCUT2D eigenvalue weighted by molar-refractivity contribution is 9.10. The summed E-state index contributed by atoms with van der Waals surface area (Å²) in [6.45, 7) is 1.66. The van der Waals surface area contributed by atoms with E-state index in [1.807, 2.05) is 19.1 Å². The maximum absolute atomic E-state index is 11.9. The highest BCUT2D eigenvalue weighted by Gasteiger charge is 2.11. The smallest absolute Gasteiger partial charge is 0.343 e. The molecule has 2 aromatic rings. The minimum absolute atomic E-state index is 0.264. The number of amides is 2. The number of hydrogen-bond donors (Lipinski definition) is 2. The van der Waals surface area contributed by atoms with Crippen molar-refractivity contribution in [2.75, 3.05) is 19.0 Å². The number of hydrogen-bond acceptors (Lipinski definition) is 5. The molecule has 0 aliphatic carbocycles. The lowest BCUT2D eigenvalue weighted by molar-refractivity contribution is -0.142. The van der Waals surface area contributed by atoms with E-state index in [2.05, 4.69) is 52.4 Å². The predicted octanol–water partition coefficient (Wildman–Crippen LogP) is 4.88. The van der Waals surface area contributed by atoms with Crippen molar-refractivity contribution in [1.29, 1.82) is 0 Å². The summed E-state index contributed by atoms with van der Waals surface area (Å²) in [5, 5.41) is 6.84. The van der Waals surface area contributed by atoms with Crippen LogP contribution in [0.15, 0.2) is 44.4 Å². The largest absolute Gasteiger partial charge is 0.479 e. The monoisotopic (exact) mass is 531 g/mol. The lowest BCUT2D eigenvalue weighted by Gasteiger charge is -2.10. The number of esters is 1. The Hall–Kier alpha value is -2.10. The molecule has 0 spiro atoms. The van der Waals surface area contributed by atoms with Crippen LogP contribution in [-0.4, -0.2) is 31.9 Å². The summed E-state index contributed by atoms with van der Waals surface area (Å²) >= 11 is 12.9. The molecule has 2 aromatic carbocycles. The molecule has 0 unspecified atom stereocenters. The third-order valence-corrected chi connectivity index (χ3v) is 5.14. The zero-order valence-electron chi connectivity index (χ0n) is 14.9. The summed E-state index contributed by atoms with van der Waals surface area (Å²) < 4.78 is 11.3. The van der Waals surface area contributed by atoms with Gasteiger partial charge in [-0.1, -0.05) is 27.5 Å². The molecule has 0 aliphatic rings. The van der Waals surface area contributed by atoms with Gasteiger partial charge in [-0.15, -0.1) is 0 Å². The van der Waals surface area contributed by atoms with Crippen LogP contribution in [0.4, 0.5) is 10.5 Å². The van der Waals surface area contributed by atoms with Crippen molar-refractivity contribution in [2.24, 2.45) is 5.10 Å². The van der Waals surface area contributed by atoms with E-state index in [1.165, 1.54) is 13.3 Å². The minimum Gasteiger partial charge on any atom is -0.479 e. The van der Waals surface area contributed by atoms with E-state index in [0.29, 0.717) is 21.5 Å². The summed E-state index contributed by atoms with van der Waals surface area (Å²) in [4.78, 5) is 23.1. The Morgan fingerprint density at radius 3 is 2.61 bits per heavy atom. The van der Waals surface area contributed by atoms with Crippen LogP contribution >= 0.6 is 43.5 Å². The Morgan fingerprint density at radius 1 is 1.21 bits per heavy atom. The van der Waals surface area contributed by atoms with Crippen molar-refractivity contribution in [1.82, 2.24) is 5.43 Å². The Labute approximate surface area is 183 Å². The number of benzene rings is 2. The van der Waals surface area contributed by atoms with Gasteiger partial charge in [-0.25, -0.2) is 15.0 Å². The summed E-state index contributed by atoms with van der Waals surface area (Å²) in [5.74, 6) is -0.217. The number of rotatable bonds is 6. The number of aryl methyl sites for hydroxylation is 1. The molecule has 0 saturated carbocycles. The standard InChI is InChI=1S/C18H16Br2ClN3O4/c1-10-5-12(3-4-13(10)19)23-18(26)24-22-8-11-6-14(20)17(15(21)7-11)28-9-16(25)27-2/h3-8H,9H2,1-2H3,(H2,23,24,26)/b22-8+. The van der Waals surface area contributed by atoms with Crippen molar-refractivity contribution in [2.45, 2.75) is 6.92 Å². The van der Waals surface area contributed by atoms with E-state index in [-0.39, 0.29) is 11.6 Å². The second kappa shape index (κ2) is 10.4. The Balaban J connectivity index is 1.96. The second-order valence-electron chi connectivity index (χ2n) is 5.47. The van der Waals surface area contributed by atoms with Crippen molar-refractivity contribution in [3.8, 4) is 5.75 Å². The lowest BCUT2D eigenvalue weighted by Crippen LogP contribution is -2.24. The maximum atomic E-state index is 11.9. The fourth-order valence-corrected chi connectivity index (χ4v) is 3.26. The van der Waals surface area contributed by atoms with Crippen molar-refractivity contribution < 1.29 is 19.1 Å². The third-order valence-electron chi connectivity index (χ3n) is 3.38. The van der Waals surface area contributed by atoms with Crippen LogP contribution in [0, 0.1) is 6.92 Å². The molecule has 10 heteroatoms. The number of halogens is 3.